The van der Waals surface area contributed by atoms with Gasteiger partial charge in [-0.2, -0.15) is 0 Å². The minimum absolute atomic E-state index is 0.0324. The number of hydrogen-bond donors (Lipinski definition) is 3. The van der Waals surface area contributed by atoms with Crippen molar-refractivity contribution in [1.82, 2.24) is 15.6 Å². The normalized spacial score (nSPS) is 11.2. The second-order valence-electron chi connectivity index (χ2n) is 8.05. The molecule has 1 aromatic heterocycles. The number of hydrogen-bond acceptors (Lipinski definition) is 3. The van der Waals surface area contributed by atoms with Crippen molar-refractivity contribution in [1.29, 1.82) is 0 Å². The molecule has 0 saturated heterocycles. The highest BCUT2D eigenvalue weighted by Gasteiger charge is 2.14. The molecule has 0 fully saturated rings. The van der Waals surface area contributed by atoms with Crippen molar-refractivity contribution >= 4 is 11.8 Å². The first kappa shape index (κ1) is 21.4. The monoisotopic (exact) mass is 383 g/mol. The molecule has 1 heterocycles. The standard InChI is InChI=1S/C22H29N3O3/c1-14-12-15(2)25-21(28)18(14)13-24-19(26)10-11-23-20(27)16-6-8-17(9-7-16)22(3,4)5/h6-9,12H,10-11,13H2,1-5H3,(H,23,27)(H,24,26)(H,25,28). The predicted octanol–water partition coefficient (Wildman–Crippen LogP) is 2.73. The number of rotatable bonds is 6. The molecule has 3 N–H and O–H groups in total. The molecule has 2 rings (SSSR count). The van der Waals surface area contributed by atoms with Crippen molar-refractivity contribution in [3.63, 3.8) is 0 Å². The summed E-state index contributed by atoms with van der Waals surface area (Å²) in [7, 11) is 0. The zero-order valence-corrected chi connectivity index (χ0v) is 17.2. The summed E-state index contributed by atoms with van der Waals surface area (Å²) in [5.74, 6) is -0.429. The van der Waals surface area contributed by atoms with Gasteiger partial charge < -0.3 is 15.6 Å². The molecule has 150 valence electrons. The second kappa shape index (κ2) is 8.87. The van der Waals surface area contributed by atoms with Crippen molar-refractivity contribution in [2.75, 3.05) is 6.54 Å². The fraction of sp³-hybridized carbons (Fsp3) is 0.409. The number of carbonyl (C=O) groups is 2. The van der Waals surface area contributed by atoms with Gasteiger partial charge in [0.15, 0.2) is 0 Å². The van der Waals surface area contributed by atoms with Gasteiger partial charge in [-0.15, -0.1) is 0 Å². The van der Waals surface area contributed by atoms with E-state index in [-0.39, 0.29) is 42.3 Å². The van der Waals surface area contributed by atoms with E-state index in [1.807, 2.05) is 32.0 Å². The maximum Gasteiger partial charge on any atom is 0.253 e. The number of nitrogens with one attached hydrogen (secondary N) is 3. The maximum absolute atomic E-state index is 12.2. The van der Waals surface area contributed by atoms with Crippen LogP contribution in [-0.2, 0) is 16.8 Å². The summed E-state index contributed by atoms with van der Waals surface area (Å²) in [5, 5.41) is 5.48. The molecule has 2 amide bonds. The molecular formula is C22H29N3O3. The summed E-state index contributed by atoms with van der Waals surface area (Å²) < 4.78 is 0. The molecule has 0 radical (unpaired) electrons. The minimum Gasteiger partial charge on any atom is -0.352 e. The number of carbonyl (C=O) groups excluding carboxylic acids is 2. The molecule has 0 unspecified atom stereocenters. The molecule has 0 aliphatic heterocycles. The van der Waals surface area contributed by atoms with E-state index in [9.17, 15) is 14.4 Å². The number of pyridine rings is 1. The molecular weight excluding hydrogens is 354 g/mol. The van der Waals surface area contributed by atoms with E-state index in [1.54, 1.807) is 12.1 Å². The largest absolute Gasteiger partial charge is 0.352 e. The van der Waals surface area contributed by atoms with E-state index in [0.717, 1.165) is 16.8 Å². The first-order valence-corrected chi connectivity index (χ1v) is 9.43. The summed E-state index contributed by atoms with van der Waals surface area (Å²) in [6.07, 6.45) is 0.147. The minimum atomic E-state index is -0.220. The smallest absolute Gasteiger partial charge is 0.253 e. The van der Waals surface area contributed by atoms with Gasteiger partial charge in [-0.3, -0.25) is 14.4 Å². The highest BCUT2D eigenvalue weighted by Crippen LogP contribution is 2.22. The van der Waals surface area contributed by atoms with Crippen molar-refractivity contribution in [2.24, 2.45) is 0 Å². The number of aromatic nitrogens is 1. The molecule has 0 aliphatic carbocycles. The highest BCUT2D eigenvalue weighted by atomic mass is 16.2. The number of benzene rings is 1. The van der Waals surface area contributed by atoms with E-state index < -0.39 is 0 Å². The Morgan fingerprint density at radius 2 is 1.68 bits per heavy atom. The van der Waals surface area contributed by atoms with Crippen molar-refractivity contribution in [3.8, 4) is 0 Å². The maximum atomic E-state index is 12.2. The van der Waals surface area contributed by atoms with Crippen LogP contribution in [0, 0.1) is 13.8 Å². The van der Waals surface area contributed by atoms with E-state index in [1.165, 1.54) is 0 Å². The van der Waals surface area contributed by atoms with Gasteiger partial charge in [0.2, 0.25) is 5.91 Å². The van der Waals surface area contributed by atoms with Gasteiger partial charge >= 0.3 is 0 Å². The van der Waals surface area contributed by atoms with Gasteiger partial charge in [0.05, 0.1) is 0 Å². The van der Waals surface area contributed by atoms with Gasteiger partial charge in [-0.1, -0.05) is 32.9 Å². The van der Waals surface area contributed by atoms with E-state index >= 15 is 0 Å². The topological polar surface area (TPSA) is 91.1 Å². The zero-order chi connectivity index (χ0) is 20.9. The quantitative estimate of drug-likeness (QED) is 0.716. The molecule has 6 nitrogen and oxygen atoms in total. The Balaban J connectivity index is 1.81. The van der Waals surface area contributed by atoms with Crippen LogP contribution < -0.4 is 16.2 Å². The summed E-state index contributed by atoms with van der Waals surface area (Å²) in [6.45, 7) is 10.4. The van der Waals surface area contributed by atoms with Crippen LogP contribution >= 0.6 is 0 Å². The lowest BCUT2D eigenvalue weighted by Gasteiger charge is -2.19. The Morgan fingerprint density at radius 1 is 1.04 bits per heavy atom. The van der Waals surface area contributed by atoms with E-state index in [2.05, 4.69) is 36.4 Å². The third-order valence-electron chi connectivity index (χ3n) is 4.61. The van der Waals surface area contributed by atoms with Crippen LogP contribution in [0.3, 0.4) is 0 Å². The van der Waals surface area contributed by atoms with Gasteiger partial charge in [0, 0.05) is 36.3 Å². The van der Waals surface area contributed by atoms with E-state index in [4.69, 9.17) is 0 Å². The number of amides is 2. The Bertz CT molecular complexity index is 906. The molecule has 0 bridgehead atoms. The molecule has 0 atom stereocenters. The van der Waals surface area contributed by atoms with Crippen LogP contribution in [0.1, 0.15) is 59.9 Å². The molecule has 0 spiro atoms. The van der Waals surface area contributed by atoms with E-state index in [0.29, 0.717) is 11.1 Å². The Labute approximate surface area is 165 Å². The lowest BCUT2D eigenvalue weighted by Crippen LogP contribution is -2.32. The highest BCUT2D eigenvalue weighted by molar-refractivity contribution is 5.94. The third kappa shape index (κ3) is 5.81. The summed E-state index contributed by atoms with van der Waals surface area (Å²) in [5.41, 5.74) is 3.74. The molecule has 1 aromatic carbocycles. The predicted molar refractivity (Wildman–Crippen MR) is 110 cm³/mol. The lowest BCUT2D eigenvalue weighted by molar-refractivity contribution is -0.121. The molecule has 0 saturated carbocycles. The summed E-state index contributed by atoms with van der Waals surface area (Å²) in [6, 6.07) is 9.35. The van der Waals surface area contributed by atoms with Gasteiger partial charge in [-0.05, 0) is 48.6 Å². The van der Waals surface area contributed by atoms with Crippen LogP contribution in [0.2, 0.25) is 0 Å². The van der Waals surface area contributed by atoms with Crippen LogP contribution in [-0.4, -0.2) is 23.3 Å². The molecule has 6 heteroatoms. The van der Waals surface area contributed by atoms with Gasteiger partial charge in [0.1, 0.15) is 0 Å². The van der Waals surface area contributed by atoms with Crippen LogP contribution in [0.4, 0.5) is 0 Å². The van der Waals surface area contributed by atoms with Crippen LogP contribution in [0.5, 0.6) is 0 Å². The second-order valence-corrected chi connectivity index (χ2v) is 8.05. The Morgan fingerprint density at radius 3 is 2.25 bits per heavy atom. The van der Waals surface area contributed by atoms with Crippen molar-refractivity contribution in [2.45, 2.75) is 53.0 Å². The summed E-state index contributed by atoms with van der Waals surface area (Å²) in [4.78, 5) is 38.9. The number of aryl methyl sites for hydroxylation is 2. The van der Waals surface area contributed by atoms with Crippen molar-refractivity contribution in [3.05, 3.63) is 68.6 Å². The van der Waals surface area contributed by atoms with Crippen molar-refractivity contribution < 1.29 is 9.59 Å². The average Bonchev–Trinajstić information content (AvgIpc) is 2.60. The third-order valence-corrected chi connectivity index (χ3v) is 4.61. The average molecular weight is 383 g/mol. The zero-order valence-electron chi connectivity index (χ0n) is 17.2. The fourth-order valence-electron chi connectivity index (χ4n) is 2.89. The lowest BCUT2D eigenvalue weighted by atomic mass is 9.87. The molecule has 2 aromatic rings. The van der Waals surface area contributed by atoms with Gasteiger partial charge in [-0.25, -0.2) is 0 Å². The Hall–Kier alpha value is -2.89. The first-order chi connectivity index (χ1) is 13.1. The molecule has 0 aliphatic rings. The summed E-state index contributed by atoms with van der Waals surface area (Å²) >= 11 is 0. The Kier molecular flexibility index (Phi) is 6.78. The SMILES string of the molecule is Cc1cc(C)c(CNC(=O)CCNC(=O)c2ccc(C(C)(C)C)cc2)c(=O)[nH]1. The number of aromatic amines is 1. The van der Waals surface area contributed by atoms with Crippen LogP contribution in [0.15, 0.2) is 35.1 Å². The molecule has 28 heavy (non-hydrogen) atoms. The first-order valence-electron chi connectivity index (χ1n) is 9.43. The van der Waals surface area contributed by atoms with Gasteiger partial charge in [0.25, 0.3) is 11.5 Å². The van der Waals surface area contributed by atoms with Crippen LogP contribution in [0.25, 0.3) is 0 Å². The number of H-pyrrole nitrogens is 1. The fourth-order valence-corrected chi connectivity index (χ4v) is 2.89.